The summed E-state index contributed by atoms with van der Waals surface area (Å²) in [6, 6.07) is -0.238. The molecule has 0 amide bonds. The number of carbonyl (C=O) groups is 1. The quantitative estimate of drug-likeness (QED) is 0.673. The third kappa shape index (κ3) is 1.93. The number of carboxylic acids is 1. The summed E-state index contributed by atoms with van der Waals surface area (Å²) in [6.45, 7) is 1.73. The molecule has 106 valence electrons. The molecule has 2 aliphatic rings. The molecule has 1 aliphatic carbocycles. The second-order valence-electron chi connectivity index (χ2n) is 5.07. The summed E-state index contributed by atoms with van der Waals surface area (Å²) >= 11 is 12.1. The molecule has 1 N–H and O–H groups in total. The van der Waals surface area contributed by atoms with E-state index in [0.717, 1.165) is 12.8 Å². The molecule has 7 heteroatoms. The number of halogens is 2. The zero-order chi connectivity index (χ0) is 14.6. The SMILES string of the molecule is CC1c2c(n(C3CC3)cc(C(=O)O)c2=O)C=C(Cl)N1Cl. The number of nitrogens with zero attached hydrogens (tertiary/aromatic N) is 2. The Kier molecular flexibility index (Phi) is 3.06. The van der Waals surface area contributed by atoms with Crippen molar-refractivity contribution in [3.05, 3.63) is 38.4 Å². The summed E-state index contributed by atoms with van der Waals surface area (Å²) in [4.78, 5) is 23.6. The van der Waals surface area contributed by atoms with Gasteiger partial charge in [0.25, 0.3) is 0 Å². The highest BCUT2D eigenvalue weighted by atomic mass is 35.5. The zero-order valence-electron chi connectivity index (χ0n) is 10.6. The number of aromatic carboxylic acids is 1. The number of fused-ring (bicyclic) bond motifs is 1. The van der Waals surface area contributed by atoms with Crippen LogP contribution in [0.25, 0.3) is 6.08 Å². The van der Waals surface area contributed by atoms with Crippen molar-refractivity contribution >= 4 is 35.4 Å². The van der Waals surface area contributed by atoms with Gasteiger partial charge in [0.2, 0.25) is 5.43 Å². The highest BCUT2D eigenvalue weighted by Crippen LogP contribution is 2.41. The first kappa shape index (κ1) is 13.5. The summed E-state index contributed by atoms with van der Waals surface area (Å²) < 4.78 is 3.08. The smallest absolute Gasteiger partial charge is 0.341 e. The van der Waals surface area contributed by atoms with E-state index in [1.165, 1.54) is 10.6 Å². The van der Waals surface area contributed by atoms with Gasteiger partial charge in [0, 0.05) is 29.6 Å². The van der Waals surface area contributed by atoms with Gasteiger partial charge in [-0.15, -0.1) is 0 Å². The molecular formula is C13H12Cl2N2O3. The Labute approximate surface area is 125 Å². The lowest BCUT2D eigenvalue weighted by Gasteiger charge is -2.30. The van der Waals surface area contributed by atoms with Crippen molar-refractivity contribution in [2.24, 2.45) is 0 Å². The molecule has 1 aromatic rings. The molecule has 0 saturated heterocycles. The molecular weight excluding hydrogens is 303 g/mol. The van der Waals surface area contributed by atoms with E-state index in [4.69, 9.17) is 23.4 Å². The predicted molar refractivity (Wildman–Crippen MR) is 75.9 cm³/mol. The molecule has 1 atom stereocenters. The maximum absolute atomic E-state index is 12.4. The van der Waals surface area contributed by atoms with E-state index >= 15 is 0 Å². The van der Waals surface area contributed by atoms with Crippen LogP contribution in [0.2, 0.25) is 0 Å². The average molecular weight is 315 g/mol. The molecule has 1 saturated carbocycles. The van der Waals surface area contributed by atoms with E-state index in [9.17, 15) is 14.7 Å². The van der Waals surface area contributed by atoms with Gasteiger partial charge in [-0.2, -0.15) is 0 Å². The van der Waals surface area contributed by atoms with E-state index in [-0.39, 0.29) is 11.6 Å². The first-order valence-corrected chi connectivity index (χ1v) is 6.98. The molecule has 0 spiro atoms. The first-order valence-electron chi connectivity index (χ1n) is 6.26. The Morgan fingerprint density at radius 2 is 2.10 bits per heavy atom. The van der Waals surface area contributed by atoms with Crippen molar-refractivity contribution in [1.29, 1.82) is 0 Å². The van der Waals surface area contributed by atoms with Crippen LogP contribution in [-0.4, -0.2) is 20.1 Å². The highest BCUT2D eigenvalue weighted by Gasteiger charge is 2.34. The Balaban J connectivity index is 2.34. The van der Waals surface area contributed by atoms with E-state index in [1.54, 1.807) is 13.0 Å². The molecule has 3 rings (SSSR count). The predicted octanol–water partition coefficient (Wildman–Crippen LogP) is 2.95. The lowest BCUT2D eigenvalue weighted by molar-refractivity contribution is 0.0694. The second-order valence-corrected chi connectivity index (χ2v) is 5.82. The van der Waals surface area contributed by atoms with Crippen LogP contribution in [0.3, 0.4) is 0 Å². The van der Waals surface area contributed by atoms with Gasteiger partial charge in [0.1, 0.15) is 10.7 Å². The van der Waals surface area contributed by atoms with Crippen LogP contribution in [0, 0.1) is 0 Å². The van der Waals surface area contributed by atoms with Crippen molar-refractivity contribution in [3.63, 3.8) is 0 Å². The maximum Gasteiger partial charge on any atom is 0.341 e. The minimum Gasteiger partial charge on any atom is -0.477 e. The standard InChI is InChI=1S/C13H12Cl2N2O3/c1-6-11-9(4-10(14)17(6)15)16(7-2-3-7)5-8(12(11)18)13(19)20/h4-7H,2-3H2,1H3,(H,19,20). The van der Waals surface area contributed by atoms with Gasteiger partial charge < -0.3 is 9.67 Å². The van der Waals surface area contributed by atoms with Gasteiger partial charge in [-0.25, -0.2) is 4.79 Å². The monoisotopic (exact) mass is 314 g/mol. The number of hydrogen-bond donors (Lipinski definition) is 1. The van der Waals surface area contributed by atoms with Gasteiger partial charge in [-0.1, -0.05) is 11.6 Å². The number of rotatable bonds is 2. The van der Waals surface area contributed by atoms with Crippen LogP contribution in [0.1, 0.15) is 53.5 Å². The van der Waals surface area contributed by atoms with Crippen LogP contribution in [0.5, 0.6) is 0 Å². The molecule has 5 nitrogen and oxygen atoms in total. The van der Waals surface area contributed by atoms with Crippen LogP contribution in [0.15, 0.2) is 16.1 Å². The van der Waals surface area contributed by atoms with Crippen molar-refractivity contribution in [2.45, 2.75) is 31.8 Å². The van der Waals surface area contributed by atoms with E-state index < -0.39 is 17.4 Å². The van der Waals surface area contributed by atoms with Crippen molar-refractivity contribution in [2.75, 3.05) is 0 Å². The van der Waals surface area contributed by atoms with Crippen molar-refractivity contribution < 1.29 is 9.90 Å². The molecule has 1 aliphatic heterocycles. The molecule has 20 heavy (non-hydrogen) atoms. The van der Waals surface area contributed by atoms with E-state index in [1.807, 2.05) is 4.57 Å². The summed E-state index contributed by atoms with van der Waals surface area (Å²) in [6.07, 6.45) is 4.98. The molecule has 1 aromatic heterocycles. The Morgan fingerprint density at radius 3 is 2.65 bits per heavy atom. The Morgan fingerprint density at radius 1 is 1.45 bits per heavy atom. The molecule has 1 fully saturated rings. The average Bonchev–Trinajstić information content (AvgIpc) is 3.20. The van der Waals surface area contributed by atoms with E-state index in [0.29, 0.717) is 16.4 Å². The van der Waals surface area contributed by atoms with Gasteiger partial charge >= 0.3 is 5.97 Å². The second kappa shape index (κ2) is 4.53. The topological polar surface area (TPSA) is 62.5 Å². The number of carboxylic acid groups (broad SMARTS) is 1. The third-order valence-corrected chi connectivity index (χ3v) is 4.55. The fourth-order valence-corrected chi connectivity index (χ4v) is 2.90. The van der Waals surface area contributed by atoms with E-state index in [2.05, 4.69) is 0 Å². The van der Waals surface area contributed by atoms with Crippen LogP contribution < -0.4 is 5.43 Å². The zero-order valence-corrected chi connectivity index (χ0v) is 12.1. The normalized spacial score (nSPS) is 21.4. The van der Waals surface area contributed by atoms with Gasteiger partial charge in [-0.3, -0.25) is 9.21 Å². The minimum absolute atomic E-state index is 0.223. The summed E-state index contributed by atoms with van der Waals surface area (Å²) in [5, 5.41) is 9.52. The number of hydrogen-bond acceptors (Lipinski definition) is 3. The third-order valence-electron chi connectivity index (χ3n) is 3.70. The van der Waals surface area contributed by atoms with Crippen LogP contribution in [-0.2, 0) is 0 Å². The highest BCUT2D eigenvalue weighted by molar-refractivity contribution is 6.35. The van der Waals surface area contributed by atoms with Gasteiger partial charge in [-0.05, 0) is 25.8 Å². The summed E-state index contributed by atoms with van der Waals surface area (Å²) in [7, 11) is 0. The van der Waals surface area contributed by atoms with Gasteiger partial charge in [0.15, 0.2) is 0 Å². The van der Waals surface area contributed by atoms with Crippen LogP contribution in [0.4, 0.5) is 0 Å². The molecule has 0 aromatic carbocycles. The molecule has 2 heterocycles. The largest absolute Gasteiger partial charge is 0.477 e. The van der Waals surface area contributed by atoms with Crippen LogP contribution >= 0.6 is 23.4 Å². The fraction of sp³-hybridized carbons (Fsp3) is 0.385. The van der Waals surface area contributed by atoms with Gasteiger partial charge in [0.05, 0.1) is 11.7 Å². The molecule has 0 bridgehead atoms. The summed E-state index contributed by atoms with van der Waals surface area (Å²) in [5.41, 5.74) is 0.329. The van der Waals surface area contributed by atoms with Crippen molar-refractivity contribution in [1.82, 2.24) is 8.99 Å². The minimum atomic E-state index is -1.22. The Hall–Kier alpha value is -1.46. The first-order chi connectivity index (χ1) is 9.41. The number of pyridine rings is 1. The Bertz CT molecular complexity index is 692. The number of aromatic nitrogens is 1. The maximum atomic E-state index is 12.4. The molecule has 1 unspecified atom stereocenters. The summed E-state index contributed by atoms with van der Waals surface area (Å²) in [5.74, 6) is -1.22. The lowest BCUT2D eigenvalue weighted by Crippen LogP contribution is -2.31. The molecule has 0 radical (unpaired) electrons. The van der Waals surface area contributed by atoms with Crippen molar-refractivity contribution in [3.8, 4) is 0 Å². The lowest BCUT2D eigenvalue weighted by atomic mass is 10.00. The fourth-order valence-electron chi connectivity index (χ4n) is 2.50.